The Bertz CT molecular complexity index is 346. The molecule has 1 N–H and O–H groups in total. The summed E-state index contributed by atoms with van der Waals surface area (Å²) in [7, 11) is 0. The number of hydrogen-bond donors (Lipinski definition) is 1. The first-order chi connectivity index (χ1) is 6.71. The first-order valence-electron chi connectivity index (χ1n) is 6.00. The van der Waals surface area contributed by atoms with Gasteiger partial charge in [-0.05, 0) is 47.3 Å². The maximum absolute atomic E-state index is 11.2. The van der Waals surface area contributed by atoms with Crippen molar-refractivity contribution in [3.8, 4) is 0 Å². The highest BCUT2D eigenvalue weighted by atomic mass is 16.1. The predicted molar refractivity (Wildman–Crippen MR) is 50.2 cm³/mol. The average molecular weight is 189 g/mol. The largest absolute Gasteiger partial charge is 0.350 e. The quantitative estimate of drug-likeness (QED) is 0.690. The fourth-order valence-electron chi connectivity index (χ4n) is 7.01. The maximum atomic E-state index is 11.2. The van der Waals surface area contributed by atoms with Crippen molar-refractivity contribution in [2.45, 2.75) is 25.8 Å². The van der Waals surface area contributed by atoms with Gasteiger partial charge in [0.05, 0.1) is 5.54 Å². The topological polar surface area (TPSA) is 29.1 Å². The number of carbonyl (C=O) groups is 1. The Morgan fingerprint density at radius 1 is 1.14 bits per heavy atom. The number of rotatable bonds is 2. The van der Waals surface area contributed by atoms with Crippen LogP contribution in [-0.4, -0.2) is 11.4 Å². The number of amides is 1. The molecule has 6 fully saturated rings. The van der Waals surface area contributed by atoms with Gasteiger partial charge in [-0.2, -0.15) is 0 Å². The van der Waals surface area contributed by atoms with Crippen LogP contribution >= 0.6 is 0 Å². The van der Waals surface area contributed by atoms with Crippen LogP contribution in [0.25, 0.3) is 0 Å². The third-order valence-electron chi connectivity index (χ3n) is 6.84. The van der Waals surface area contributed by atoms with E-state index in [0.29, 0.717) is 5.54 Å². The van der Waals surface area contributed by atoms with Crippen LogP contribution in [0.1, 0.15) is 20.3 Å². The molecule has 6 rings (SSSR count). The van der Waals surface area contributed by atoms with E-state index in [0.717, 1.165) is 40.9 Å². The smallest absolute Gasteiger partial charge is 0.217 e. The van der Waals surface area contributed by atoms with E-state index in [1.54, 1.807) is 6.92 Å². The van der Waals surface area contributed by atoms with E-state index in [4.69, 9.17) is 0 Å². The lowest BCUT2D eigenvalue weighted by atomic mass is 8.94. The molecule has 6 aliphatic rings. The molecule has 0 spiro atoms. The Balaban J connectivity index is 1.54. The van der Waals surface area contributed by atoms with E-state index in [1.165, 1.54) is 6.42 Å². The zero-order valence-corrected chi connectivity index (χ0v) is 8.58. The molecule has 0 aromatic heterocycles. The highest BCUT2D eigenvalue weighted by molar-refractivity contribution is 5.77. The molecule has 0 saturated heterocycles. The van der Waals surface area contributed by atoms with Crippen molar-refractivity contribution in [2.75, 3.05) is 0 Å². The van der Waals surface area contributed by atoms with E-state index in [1.807, 2.05) is 0 Å². The van der Waals surface area contributed by atoms with Gasteiger partial charge < -0.3 is 5.32 Å². The zero-order valence-electron chi connectivity index (χ0n) is 8.58. The van der Waals surface area contributed by atoms with Gasteiger partial charge in [0.1, 0.15) is 0 Å². The number of nitrogens with one attached hydrogen (secondary N) is 1. The van der Waals surface area contributed by atoms with E-state index >= 15 is 0 Å². The molecule has 0 heterocycles. The number of carbonyl (C=O) groups excluding carboxylic acids is 1. The SMILES string of the molecule is CCC12C3C4C1C1C2C3C41NC(C)=O. The van der Waals surface area contributed by atoms with Crippen molar-refractivity contribution in [3.05, 3.63) is 0 Å². The molecule has 0 radical (unpaired) electrons. The maximum Gasteiger partial charge on any atom is 0.217 e. The predicted octanol–water partition coefficient (Wildman–Crippen LogP) is 1.02. The fraction of sp³-hybridized carbons (Fsp3) is 0.917. The van der Waals surface area contributed by atoms with E-state index in [-0.39, 0.29) is 5.91 Å². The summed E-state index contributed by atoms with van der Waals surface area (Å²) in [6, 6.07) is 0. The van der Waals surface area contributed by atoms with Gasteiger partial charge >= 0.3 is 0 Å². The molecule has 0 bridgehead atoms. The van der Waals surface area contributed by atoms with Crippen LogP contribution in [0.5, 0.6) is 0 Å². The molecule has 0 atom stereocenters. The molecule has 6 saturated carbocycles. The van der Waals surface area contributed by atoms with Crippen molar-refractivity contribution in [2.24, 2.45) is 40.9 Å². The summed E-state index contributed by atoms with van der Waals surface area (Å²) >= 11 is 0. The molecule has 0 aromatic rings. The first kappa shape index (κ1) is 6.86. The molecule has 14 heavy (non-hydrogen) atoms. The van der Waals surface area contributed by atoms with Crippen LogP contribution in [0.4, 0.5) is 0 Å². The second kappa shape index (κ2) is 1.38. The lowest BCUT2D eigenvalue weighted by Crippen LogP contribution is -3.15. The van der Waals surface area contributed by atoms with Crippen LogP contribution in [0.3, 0.4) is 0 Å². The van der Waals surface area contributed by atoms with Crippen LogP contribution < -0.4 is 5.32 Å². The van der Waals surface area contributed by atoms with Gasteiger partial charge in [0.15, 0.2) is 0 Å². The minimum absolute atomic E-state index is 0.200. The summed E-state index contributed by atoms with van der Waals surface area (Å²) in [6.45, 7) is 4.05. The van der Waals surface area contributed by atoms with E-state index in [9.17, 15) is 4.79 Å². The molecule has 0 aromatic carbocycles. The van der Waals surface area contributed by atoms with Gasteiger partial charge in [-0.1, -0.05) is 6.92 Å². The Morgan fingerprint density at radius 2 is 1.64 bits per heavy atom. The zero-order chi connectivity index (χ0) is 9.46. The Kier molecular flexibility index (Phi) is 0.677. The standard InChI is InChI=1S/C12H15NO/c1-3-11-5-8-6(11)10-7(11)9(5)12(8,10)13-4(2)14/h5-10H,3H2,1-2H3,(H,13,14). The number of hydrogen-bond acceptors (Lipinski definition) is 1. The van der Waals surface area contributed by atoms with Crippen molar-refractivity contribution < 1.29 is 4.79 Å². The lowest BCUT2D eigenvalue weighted by molar-refractivity contribution is -0.625. The second-order valence-electron chi connectivity index (χ2n) is 6.23. The van der Waals surface area contributed by atoms with Crippen molar-refractivity contribution >= 4 is 5.91 Å². The normalized spacial score (nSPS) is 77.0. The molecule has 6 aliphatic carbocycles. The van der Waals surface area contributed by atoms with Gasteiger partial charge in [0, 0.05) is 6.92 Å². The van der Waals surface area contributed by atoms with Gasteiger partial charge in [-0.15, -0.1) is 0 Å². The third-order valence-corrected chi connectivity index (χ3v) is 6.84. The van der Waals surface area contributed by atoms with Crippen molar-refractivity contribution in [3.63, 3.8) is 0 Å². The third kappa shape index (κ3) is 0.276. The van der Waals surface area contributed by atoms with Crippen molar-refractivity contribution in [1.82, 2.24) is 5.32 Å². The average Bonchev–Trinajstić information content (AvgIpc) is 2.18. The van der Waals surface area contributed by atoms with Crippen LogP contribution in [-0.2, 0) is 4.79 Å². The molecule has 0 unspecified atom stereocenters. The van der Waals surface area contributed by atoms with Gasteiger partial charge in [0.2, 0.25) is 5.91 Å². The molecule has 2 nitrogen and oxygen atoms in total. The highest BCUT2D eigenvalue weighted by Gasteiger charge is 3.09. The van der Waals surface area contributed by atoms with Crippen LogP contribution in [0, 0.1) is 40.9 Å². The summed E-state index contributed by atoms with van der Waals surface area (Å²) in [6.07, 6.45) is 1.41. The summed E-state index contributed by atoms with van der Waals surface area (Å²) < 4.78 is 0. The lowest BCUT2D eigenvalue weighted by Gasteiger charge is -3.11. The molecular weight excluding hydrogens is 174 g/mol. The van der Waals surface area contributed by atoms with Gasteiger partial charge in [-0.25, -0.2) is 0 Å². The molecule has 2 heteroatoms. The highest BCUT2D eigenvalue weighted by Crippen LogP contribution is 3.07. The second-order valence-corrected chi connectivity index (χ2v) is 6.23. The first-order valence-corrected chi connectivity index (χ1v) is 6.00. The van der Waals surface area contributed by atoms with E-state index < -0.39 is 0 Å². The van der Waals surface area contributed by atoms with Crippen LogP contribution in [0.2, 0.25) is 0 Å². The Hall–Kier alpha value is -0.530. The van der Waals surface area contributed by atoms with Crippen molar-refractivity contribution in [1.29, 1.82) is 0 Å². The summed E-state index contributed by atoms with van der Waals surface area (Å²) in [5.74, 6) is 6.09. The van der Waals surface area contributed by atoms with E-state index in [2.05, 4.69) is 12.2 Å². The minimum atomic E-state index is 0.200. The van der Waals surface area contributed by atoms with Gasteiger partial charge in [0.25, 0.3) is 0 Å². The monoisotopic (exact) mass is 189 g/mol. The molecule has 74 valence electrons. The molecule has 0 aliphatic heterocycles. The fourth-order valence-corrected chi connectivity index (χ4v) is 7.01. The molecule has 1 amide bonds. The Morgan fingerprint density at radius 3 is 2.00 bits per heavy atom. The molecular formula is C12H15NO. The Labute approximate surface area is 83.4 Å². The summed E-state index contributed by atoms with van der Waals surface area (Å²) in [5, 5.41) is 3.27. The minimum Gasteiger partial charge on any atom is -0.350 e. The summed E-state index contributed by atoms with van der Waals surface area (Å²) in [5.41, 5.74) is 1.18. The van der Waals surface area contributed by atoms with Gasteiger partial charge in [-0.3, -0.25) is 4.79 Å². The van der Waals surface area contributed by atoms with Crippen LogP contribution in [0.15, 0.2) is 0 Å². The summed E-state index contributed by atoms with van der Waals surface area (Å²) in [4.78, 5) is 11.2.